The molecule has 0 saturated carbocycles. The van der Waals surface area contributed by atoms with Crippen molar-refractivity contribution in [3.05, 3.63) is 36.0 Å². The van der Waals surface area contributed by atoms with Crippen molar-refractivity contribution in [2.24, 2.45) is 0 Å². The van der Waals surface area contributed by atoms with Gasteiger partial charge >= 0.3 is 0 Å². The van der Waals surface area contributed by atoms with Crippen molar-refractivity contribution in [3.8, 4) is 0 Å². The van der Waals surface area contributed by atoms with E-state index in [-0.39, 0.29) is 0 Å². The topological polar surface area (TPSA) is 46.3 Å². The largest absolute Gasteiger partial charge is 0.382 e. The van der Waals surface area contributed by atoms with Crippen LogP contribution in [0.3, 0.4) is 0 Å². The van der Waals surface area contributed by atoms with Gasteiger partial charge in [0.1, 0.15) is 0 Å². The van der Waals surface area contributed by atoms with Crippen molar-refractivity contribution in [1.29, 1.82) is 0 Å². The maximum Gasteiger partial charge on any atom is 0.0700 e. The Morgan fingerprint density at radius 1 is 1.10 bits per heavy atom. The van der Waals surface area contributed by atoms with E-state index in [1.165, 1.54) is 16.5 Å². The second-order valence-electron chi connectivity index (χ2n) is 4.85. The molecule has 0 radical (unpaired) electrons. The number of hydrogen-bond donors (Lipinski definition) is 2. The molecule has 0 saturated heterocycles. The lowest BCUT2D eigenvalue weighted by atomic mass is 10.1. The fourth-order valence-electron chi connectivity index (χ4n) is 2.23. The molecule has 4 heteroatoms. The third kappa shape index (κ3) is 4.63. The maximum atomic E-state index is 5.43. The lowest BCUT2D eigenvalue weighted by Crippen LogP contribution is -2.15. The number of rotatable bonds is 10. The summed E-state index contributed by atoms with van der Waals surface area (Å²) in [5, 5.41) is 4.80. The van der Waals surface area contributed by atoms with Crippen LogP contribution in [0.25, 0.3) is 10.9 Å². The van der Waals surface area contributed by atoms with Crippen LogP contribution in [0.15, 0.2) is 30.5 Å². The zero-order valence-electron chi connectivity index (χ0n) is 12.2. The number of methoxy groups -OCH3 is 1. The Morgan fingerprint density at radius 3 is 2.95 bits per heavy atom. The van der Waals surface area contributed by atoms with Crippen LogP contribution in [-0.2, 0) is 16.0 Å². The molecule has 1 aromatic heterocycles. The number of benzene rings is 1. The summed E-state index contributed by atoms with van der Waals surface area (Å²) in [6.45, 7) is 4.13. The Labute approximate surface area is 120 Å². The molecule has 0 spiro atoms. The zero-order valence-corrected chi connectivity index (χ0v) is 12.2. The first-order valence-corrected chi connectivity index (χ1v) is 7.24. The monoisotopic (exact) mass is 276 g/mol. The van der Waals surface area contributed by atoms with Crippen molar-refractivity contribution in [3.63, 3.8) is 0 Å². The van der Waals surface area contributed by atoms with E-state index in [2.05, 4.69) is 34.6 Å². The number of ether oxygens (including phenoxy) is 2. The van der Waals surface area contributed by atoms with Crippen molar-refractivity contribution >= 4 is 10.9 Å². The number of H-pyrrole nitrogens is 1. The number of aromatic nitrogens is 1. The van der Waals surface area contributed by atoms with Gasteiger partial charge in [-0.1, -0.05) is 12.1 Å². The Morgan fingerprint density at radius 2 is 2.05 bits per heavy atom. The van der Waals surface area contributed by atoms with Gasteiger partial charge in [0.05, 0.1) is 13.2 Å². The standard InChI is InChI=1S/C16H24N2O2/c1-19-11-12-20-10-3-2-8-17-13-14-5-4-6-16-15(14)7-9-18-16/h4-7,9,17-18H,2-3,8,10-13H2,1H3. The molecule has 0 unspecified atom stereocenters. The van der Waals surface area contributed by atoms with Gasteiger partial charge < -0.3 is 19.8 Å². The van der Waals surface area contributed by atoms with E-state index in [4.69, 9.17) is 9.47 Å². The predicted molar refractivity (Wildman–Crippen MR) is 81.9 cm³/mol. The van der Waals surface area contributed by atoms with Crippen LogP contribution in [0.4, 0.5) is 0 Å². The highest BCUT2D eigenvalue weighted by Crippen LogP contribution is 2.16. The van der Waals surface area contributed by atoms with Gasteiger partial charge in [-0.05, 0) is 37.1 Å². The molecule has 20 heavy (non-hydrogen) atoms. The molecule has 1 aromatic carbocycles. The maximum absolute atomic E-state index is 5.43. The predicted octanol–water partition coefficient (Wildman–Crippen LogP) is 2.70. The van der Waals surface area contributed by atoms with Gasteiger partial charge in [0, 0.05) is 37.4 Å². The second kappa shape index (κ2) is 8.74. The average molecular weight is 276 g/mol. The molecule has 2 N–H and O–H groups in total. The average Bonchev–Trinajstić information content (AvgIpc) is 2.95. The summed E-state index contributed by atoms with van der Waals surface area (Å²) in [6, 6.07) is 8.52. The smallest absolute Gasteiger partial charge is 0.0700 e. The Kier molecular flexibility index (Phi) is 6.57. The minimum absolute atomic E-state index is 0.679. The number of fused-ring (bicyclic) bond motifs is 1. The molecule has 0 aliphatic carbocycles. The zero-order chi connectivity index (χ0) is 14.0. The van der Waals surface area contributed by atoms with Crippen LogP contribution in [-0.4, -0.2) is 38.5 Å². The Balaban J connectivity index is 1.58. The van der Waals surface area contributed by atoms with Crippen molar-refractivity contribution < 1.29 is 9.47 Å². The second-order valence-corrected chi connectivity index (χ2v) is 4.85. The third-order valence-corrected chi connectivity index (χ3v) is 3.32. The van der Waals surface area contributed by atoms with Gasteiger partial charge in [0.2, 0.25) is 0 Å². The van der Waals surface area contributed by atoms with Gasteiger partial charge in [-0.15, -0.1) is 0 Å². The fourth-order valence-corrected chi connectivity index (χ4v) is 2.23. The van der Waals surface area contributed by atoms with E-state index < -0.39 is 0 Å². The van der Waals surface area contributed by atoms with Crippen molar-refractivity contribution in [2.45, 2.75) is 19.4 Å². The van der Waals surface area contributed by atoms with Crippen LogP contribution >= 0.6 is 0 Å². The number of aromatic amines is 1. The van der Waals surface area contributed by atoms with Crippen LogP contribution in [0.2, 0.25) is 0 Å². The molecule has 0 amide bonds. The molecule has 110 valence electrons. The summed E-state index contributed by atoms with van der Waals surface area (Å²) in [6.07, 6.45) is 4.21. The summed E-state index contributed by atoms with van der Waals surface area (Å²) in [5.41, 5.74) is 2.55. The van der Waals surface area contributed by atoms with E-state index in [1.807, 2.05) is 6.20 Å². The number of unbranched alkanes of at least 4 members (excludes halogenated alkanes) is 1. The molecule has 0 aliphatic heterocycles. The van der Waals surface area contributed by atoms with Crippen LogP contribution in [0, 0.1) is 0 Å². The number of nitrogens with one attached hydrogen (secondary N) is 2. The molecule has 4 nitrogen and oxygen atoms in total. The van der Waals surface area contributed by atoms with Crippen molar-refractivity contribution in [1.82, 2.24) is 10.3 Å². The molecular formula is C16H24N2O2. The molecule has 0 fully saturated rings. The number of hydrogen-bond acceptors (Lipinski definition) is 3. The minimum atomic E-state index is 0.679. The highest BCUT2D eigenvalue weighted by atomic mass is 16.5. The fraction of sp³-hybridized carbons (Fsp3) is 0.500. The SMILES string of the molecule is COCCOCCCCNCc1cccc2[nH]ccc12. The van der Waals surface area contributed by atoms with Gasteiger partial charge in [-0.3, -0.25) is 0 Å². The molecule has 0 bridgehead atoms. The van der Waals surface area contributed by atoms with Gasteiger partial charge in [0.15, 0.2) is 0 Å². The molecule has 2 rings (SSSR count). The highest BCUT2D eigenvalue weighted by Gasteiger charge is 2.00. The molecule has 1 heterocycles. The van der Waals surface area contributed by atoms with Gasteiger partial charge in [-0.25, -0.2) is 0 Å². The van der Waals surface area contributed by atoms with E-state index in [1.54, 1.807) is 7.11 Å². The first kappa shape index (κ1) is 15.0. The Hall–Kier alpha value is -1.36. The van der Waals surface area contributed by atoms with Crippen LogP contribution in [0.1, 0.15) is 18.4 Å². The molecule has 0 atom stereocenters. The summed E-state index contributed by atoms with van der Waals surface area (Å²) in [5.74, 6) is 0. The van der Waals surface area contributed by atoms with Crippen LogP contribution < -0.4 is 5.32 Å². The van der Waals surface area contributed by atoms with Crippen LogP contribution in [0.5, 0.6) is 0 Å². The summed E-state index contributed by atoms with van der Waals surface area (Å²) < 4.78 is 10.4. The molecule has 0 aliphatic rings. The van der Waals surface area contributed by atoms with E-state index in [9.17, 15) is 0 Å². The quantitative estimate of drug-likeness (QED) is 0.656. The molecule has 2 aromatic rings. The third-order valence-electron chi connectivity index (χ3n) is 3.32. The first-order valence-electron chi connectivity index (χ1n) is 7.24. The van der Waals surface area contributed by atoms with Gasteiger partial charge in [-0.2, -0.15) is 0 Å². The van der Waals surface area contributed by atoms with E-state index in [0.29, 0.717) is 13.2 Å². The first-order chi connectivity index (χ1) is 9.92. The van der Waals surface area contributed by atoms with Gasteiger partial charge in [0.25, 0.3) is 0 Å². The minimum Gasteiger partial charge on any atom is -0.382 e. The summed E-state index contributed by atoms with van der Waals surface area (Å²) >= 11 is 0. The normalized spacial score (nSPS) is 11.2. The summed E-state index contributed by atoms with van der Waals surface area (Å²) in [4.78, 5) is 3.24. The van der Waals surface area contributed by atoms with E-state index in [0.717, 1.165) is 32.5 Å². The van der Waals surface area contributed by atoms with E-state index >= 15 is 0 Å². The highest BCUT2D eigenvalue weighted by molar-refractivity contribution is 5.82. The molecular weight excluding hydrogens is 252 g/mol. The summed E-state index contributed by atoms with van der Waals surface area (Å²) in [7, 11) is 1.69. The lowest BCUT2D eigenvalue weighted by molar-refractivity contribution is 0.0688. The lowest BCUT2D eigenvalue weighted by Gasteiger charge is -2.07. The van der Waals surface area contributed by atoms with Crippen molar-refractivity contribution in [2.75, 3.05) is 33.5 Å². The Bertz CT molecular complexity index is 496.